The lowest BCUT2D eigenvalue weighted by Crippen LogP contribution is -2.16. The Labute approximate surface area is 105 Å². The average Bonchev–Trinajstić information content (AvgIpc) is 2.40. The summed E-state index contributed by atoms with van der Waals surface area (Å²) < 4.78 is 5.43. The van der Waals surface area contributed by atoms with Crippen LogP contribution in [0.1, 0.15) is 44.6 Å². The highest BCUT2D eigenvalue weighted by molar-refractivity contribution is 5.33. The molecule has 1 saturated carbocycles. The number of hydrogen-bond donors (Lipinski definition) is 0. The highest BCUT2D eigenvalue weighted by Crippen LogP contribution is 2.34. The molecule has 0 spiro atoms. The largest absolute Gasteiger partial charge is 0.496 e. The van der Waals surface area contributed by atoms with E-state index < -0.39 is 0 Å². The summed E-state index contributed by atoms with van der Waals surface area (Å²) in [7, 11) is 1.77. The number of rotatable bonds is 4. The summed E-state index contributed by atoms with van der Waals surface area (Å²) in [5.41, 5.74) is 1.38. The van der Waals surface area contributed by atoms with Crippen LogP contribution in [-0.4, -0.2) is 7.11 Å². The van der Waals surface area contributed by atoms with Gasteiger partial charge in [0.05, 0.1) is 7.11 Å². The van der Waals surface area contributed by atoms with Gasteiger partial charge in [-0.2, -0.15) is 0 Å². The molecular formula is C16H24O. The summed E-state index contributed by atoms with van der Waals surface area (Å²) in [6, 6.07) is 8.46. The monoisotopic (exact) mass is 232 g/mol. The van der Waals surface area contributed by atoms with E-state index in [1.54, 1.807) is 7.11 Å². The molecule has 17 heavy (non-hydrogen) atoms. The van der Waals surface area contributed by atoms with E-state index in [9.17, 15) is 0 Å². The molecule has 1 heteroatoms. The van der Waals surface area contributed by atoms with Crippen LogP contribution in [0.15, 0.2) is 24.3 Å². The second-order valence-electron chi connectivity index (χ2n) is 5.31. The van der Waals surface area contributed by atoms with Gasteiger partial charge in [0.25, 0.3) is 0 Å². The maximum Gasteiger partial charge on any atom is 0.122 e. The van der Waals surface area contributed by atoms with Gasteiger partial charge in [0.15, 0.2) is 0 Å². The van der Waals surface area contributed by atoms with Crippen LogP contribution in [0.25, 0.3) is 0 Å². The number of benzene rings is 1. The van der Waals surface area contributed by atoms with E-state index in [0.29, 0.717) is 0 Å². The van der Waals surface area contributed by atoms with Crippen molar-refractivity contribution in [2.75, 3.05) is 7.11 Å². The molecule has 1 aromatic rings. The van der Waals surface area contributed by atoms with E-state index in [0.717, 1.165) is 17.6 Å². The van der Waals surface area contributed by atoms with Crippen LogP contribution in [0.4, 0.5) is 0 Å². The van der Waals surface area contributed by atoms with Crippen LogP contribution in [0.5, 0.6) is 5.75 Å². The quantitative estimate of drug-likeness (QED) is 0.745. The third-order valence-corrected chi connectivity index (χ3v) is 4.24. The zero-order chi connectivity index (χ0) is 12.1. The topological polar surface area (TPSA) is 9.23 Å². The van der Waals surface area contributed by atoms with Crippen molar-refractivity contribution in [2.45, 2.75) is 45.4 Å². The third-order valence-electron chi connectivity index (χ3n) is 4.24. The van der Waals surface area contributed by atoms with E-state index in [4.69, 9.17) is 4.74 Å². The summed E-state index contributed by atoms with van der Waals surface area (Å²) in [6.45, 7) is 2.32. The van der Waals surface area contributed by atoms with Crippen molar-refractivity contribution in [3.8, 4) is 5.75 Å². The van der Waals surface area contributed by atoms with Gasteiger partial charge in [0.2, 0.25) is 0 Å². The predicted octanol–water partition coefficient (Wildman–Crippen LogP) is 4.45. The molecule has 0 amide bonds. The van der Waals surface area contributed by atoms with Crippen LogP contribution >= 0.6 is 0 Å². The van der Waals surface area contributed by atoms with E-state index in [-0.39, 0.29) is 0 Å². The molecule has 94 valence electrons. The Balaban J connectivity index is 1.93. The van der Waals surface area contributed by atoms with Crippen molar-refractivity contribution >= 4 is 0 Å². The first-order valence-corrected chi connectivity index (χ1v) is 6.95. The SMILES string of the molecule is CCC1CCC(Cc2ccccc2OC)CC1. The summed E-state index contributed by atoms with van der Waals surface area (Å²) in [6.07, 6.45) is 8.21. The molecule has 1 aliphatic rings. The zero-order valence-electron chi connectivity index (χ0n) is 11.1. The van der Waals surface area contributed by atoms with Crippen molar-refractivity contribution in [1.29, 1.82) is 0 Å². The number of methoxy groups -OCH3 is 1. The fourth-order valence-electron chi connectivity index (χ4n) is 3.03. The summed E-state index contributed by atoms with van der Waals surface area (Å²) in [5, 5.41) is 0. The van der Waals surface area contributed by atoms with Crippen molar-refractivity contribution in [2.24, 2.45) is 11.8 Å². The summed E-state index contributed by atoms with van der Waals surface area (Å²) in [4.78, 5) is 0. The molecule has 0 atom stereocenters. The number of hydrogen-bond acceptors (Lipinski definition) is 1. The van der Waals surface area contributed by atoms with Gasteiger partial charge < -0.3 is 4.74 Å². The van der Waals surface area contributed by atoms with Gasteiger partial charge in [0.1, 0.15) is 5.75 Å². The molecule has 1 nitrogen and oxygen atoms in total. The molecule has 0 heterocycles. The number of ether oxygens (including phenoxy) is 1. The molecule has 0 unspecified atom stereocenters. The highest BCUT2D eigenvalue weighted by Gasteiger charge is 2.20. The molecule has 0 saturated heterocycles. The lowest BCUT2D eigenvalue weighted by Gasteiger charge is -2.28. The minimum absolute atomic E-state index is 0.870. The van der Waals surface area contributed by atoms with Crippen LogP contribution in [0, 0.1) is 11.8 Å². The Bertz CT molecular complexity index is 337. The zero-order valence-corrected chi connectivity index (χ0v) is 11.1. The minimum atomic E-state index is 0.870. The second-order valence-corrected chi connectivity index (χ2v) is 5.31. The fraction of sp³-hybridized carbons (Fsp3) is 0.625. The molecule has 0 N–H and O–H groups in total. The van der Waals surface area contributed by atoms with E-state index in [1.807, 2.05) is 0 Å². The molecule has 1 fully saturated rings. The standard InChI is InChI=1S/C16H24O/c1-3-13-8-10-14(11-9-13)12-15-6-4-5-7-16(15)17-2/h4-7,13-14H,3,8-12H2,1-2H3. The van der Waals surface area contributed by atoms with Crippen LogP contribution in [0.2, 0.25) is 0 Å². The van der Waals surface area contributed by atoms with Crippen molar-refractivity contribution in [1.82, 2.24) is 0 Å². The lowest BCUT2D eigenvalue weighted by molar-refractivity contribution is 0.266. The molecule has 2 rings (SSSR count). The van der Waals surface area contributed by atoms with Crippen LogP contribution in [0.3, 0.4) is 0 Å². The van der Waals surface area contributed by atoms with Crippen LogP contribution < -0.4 is 4.74 Å². The molecule has 1 aliphatic carbocycles. The van der Waals surface area contributed by atoms with Crippen LogP contribution in [-0.2, 0) is 6.42 Å². The first-order valence-electron chi connectivity index (χ1n) is 6.95. The van der Waals surface area contributed by atoms with Crippen molar-refractivity contribution in [3.05, 3.63) is 29.8 Å². The minimum Gasteiger partial charge on any atom is -0.496 e. The van der Waals surface area contributed by atoms with E-state index >= 15 is 0 Å². The Morgan fingerprint density at radius 1 is 1.06 bits per heavy atom. The lowest BCUT2D eigenvalue weighted by atomic mass is 9.78. The maximum absolute atomic E-state index is 5.43. The normalized spacial score (nSPS) is 24.6. The van der Waals surface area contributed by atoms with Crippen molar-refractivity contribution in [3.63, 3.8) is 0 Å². The Hall–Kier alpha value is -0.980. The van der Waals surface area contributed by atoms with Gasteiger partial charge in [-0.1, -0.05) is 44.4 Å². The van der Waals surface area contributed by atoms with Gasteiger partial charge in [0, 0.05) is 0 Å². The highest BCUT2D eigenvalue weighted by atomic mass is 16.5. The van der Waals surface area contributed by atoms with Gasteiger partial charge in [-0.05, 0) is 42.7 Å². The van der Waals surface area contributed by atoms with Gasteiger partial charge in [-0.25, -0.2) is 0 Å². The van der Waals surface area contributed by atoms with E-state index in [2.05, 4.69) is 31.2 Å². The van der Waals surface area contributed by atoms with Crippen molar-refractivity contribution < 1.29 is 4.74 Å². The van der Waals surface area contributed by atoms with Gasteiger partial charge in [-0.3, -0.25) is 0 Å². The first-order chi connectivity index (χ1) is 8.33. The average molecular weight is 232 g/mol. The molecule has 0 bridgehead atoms. The Morgan fingerprint density at radius 3 is 2.35 bits per heavy atom. The fourth-order valence-corrected chi connectivity index (χ4v) is 3.03. The predicted molar refractivity (Wildman–Crippen MR) is 72.4 cm³/mol. The van der Waals surface area contributed by atoms with Gasteiger partial charge >= 0.3 is 0 Å². The summed E-state index contributed by atoms with van der Waals surface area (Å²) in [5.74, 6) is 2.92. The molecule has 0 aromatic heterocycles. The Kier molecular flexibility index (Phi) is 4.47. The molecule has 0 aliphatic heterocycles. The Morgan fingerprint density at radius 2 is 1.71 bits per heavy atom. The third kappa shape index (κ3) is 3.24. The first kappa shape index (κ1) is 12.5. The smallest absolute Gasteiger partial charge is 0.122 e. The summed E-state index contributed by atoms with van der Waals surface area (Å²) >= 11 is 0. The van der Waals surface area contributed by atoms with E-state index in [1.165, 1.54) is 44.1 Å². The van der Waals surface area contributed by atoms with Gasteiger partial charge in [-0.15, -0.1) is 0 Å². The molecular weight excluding hydrogens is 208 g/mol. The molecule has 0 radical (unpaired) electrons. The maximum atomic E-state index is 5.43. The molecule has 1 aromatic carbocycles. The second kappa shape index (κ2) is 6.09. The number of para-hydroxylation sites is 1.